The molecule has 0 radical (unpaired) electrons. The molecule has 0 spiro atoms. The Hall–Kier alpha value is -4.16. The maximum absolute atomic E-state index is 13.1. The summed E-state index contributed by atoms with van der Waals surface area (Å²) in [6.45, 7) is -0.135. The highest BCUT2D eigenvalue weighted by molar-refractivity contribution is 6.35. The number of nitrogens with one attached hydrogen (secondary N) is 2. The summed E-state index contributed by atoms with van der Waals surface area (Å²) in [5.74, 6) is -5.03. The van der Waals surface area contributed by atoms with Gasteiger partial charge in [-0.3, -0.25) is 24.1 Å². The summed E-state index contributed by atoms with van der Waals surface area (Å²) >= 11 is 23.6. The van der Waals surface area contributed by atoms with Crippen LogP contribution in [-0.4, -0.2) is 59.7 Å². The van der Waals surface area contributed by atoms with Gasteiger partial charge in [-0.1, -0.05) is 46.4 Å². The summed E-state index contributed by atoms with van der Waals surface area (Å²) in [6, 6.07) is 10.9. The molecule has 0 aromatic heterocycles. The van der Waals surface area contributed by atoms with Crippen LogP contribution in [-0.2, 0) is 23.9 Å². The maximum Gasteiger partial charge on any atom is 0.338 e. The molecule has 3 aromatic carbocycles. The standard InChI is InChI=1S/C28H19Cl4N3O8/c1-13(27(40)42-11-23(36)33-19-7-15(29)5-16(30)8-19)35-25(38)21-3-2-14(4-22(21)26(35)39)28(41)43-12-24(37)34-20-9-17(31)6-18(32)10-20/h2-10,13H,11-12H2,1H3,(H,33,36)(H,34,37)/t13-/m1/s1. The molecule has 1 aliphatic heterocycles. The van der Waals surface area contributed by atoms with Crippen molar-refractivity contribution >= 4 is 93.3 Å². The number of carbonyl (C=O) groups excluding carboxylic acids is 6. The quantitative estimate of drug-likeness (QED) is 0.232. The van der Waals surface area contributed by atoms with Crippen molar-refractivity contribution in [2.24, 2.45) is 0 Å². The number of amides is 4. The van der Waals surface area contributed by atoms with Crippen LogP contribution < -0.4 is 10.6 Å². The van der Waals surface area contributed by atoms with Crippen molar-refractivity contribution in [3.05, 3.63) is 91.4 Å². The fourth-order valence-electron chi connectivity index (χ4n) is 3.96. The third-order valence-corrected chi connectivity index (χ3v) is 6.73. The van der Waals surface area contributed by atoms with E-state index in [2.05, 4.69) is 10.6 Å². The molecule has 0 saturated carbocycles. The third-order valence-electron chi connectivity index (χ3n) is 5.85. The van der Waals surface area contributed by atoms with Gasteiger partial charge in [0, 0.05) is 31.5 Å². The van der Waals surface area contributed by atoms with E-state index >= 15 is 0 Å². The summed E-state index contributed by atoms with van der Waals surface area (Å²) in [4.78, 5) is 76.2. The molecule has 11 nitrogen and oxygen atoms in total. The number of imide groups is 1. The van der Waals surface area contributed by atoms with E-state index in [0.717, 1.165) is 6.07 Å². The molecular formula is C28H19Cl4N3O8. The molecule has 3 aromatic rings. The van der Waals surface area contributed by atoms with Crippen LogP contribution in [0, 0.1) is 0 Å². The van der Waals surface area contributed by atoms with Crippen molar-refractivity contribution in [3.63, 3.8) is 0 Å². The van der Waals surface area contributed by atoms with Crippen molar-refractivity contribution < 1.29 is 38.2 Å². The van der Waals surface area contributed by atoms with E-state index in [0.29, 0.717) is 20.6 Å². The second kappa shape index (κ2) is 13.4. The molecule has 43 heavy (non-hydrogen) atoms. The first-order valence-corrected chi connectivity index (χ1v) is 13.7. The summed E-state index contributed by atoms with van der Waals surface area (Å²) in [5.41, 5.74) is 0.223. The average molecular weight is 667 g/mol. The van der Waals surface area contributed by atoms with Crippen LogP contribution in [0.15, 0.2) is 54.6 Å². The van der Waals surface area contributed by atoms with E-state index in [-0.39, 0.29) is 32.4 Å². The predicted octanol–water partition coefficient (Wildman–Crippen LogP) is 5.26. The number of nitrogens with zero attached hydrogens (tertiary/aromatic N) is 1. The van der Waals surface area contributed by atoms with Crippen molar-refractivity contribution in [2.45, 2.75) is 13.0 Å². The molecule has 1 aliphatic rings. The van der Waals surface area contributed by atoms with Gasteiger partial charge in [-0.15, -0.1) is 0 Å². The lowest BCUT2D eigenvalue weighted by molar-refractivity contribution is -0.150. The smallest absolute Gasteiger partial charge is 0.338 e. The Labute approximate surface area is 263 Å². The van der Waals surface area contributed by atoms with Crippen LogP contribution in [0.5, 0.6) is 0 Å². The summed E-state index contributed by atoms with van der Waals surface area (Å²) in [7, 11) is 0. The molecule has 0 saturated heterocycles. The molecule has 4 amide bonds. The Morgan fingerprint density at radius 1 is 0.698 bits per heavy atom. The first-order chi connectivity index (χ1) is 20.3. The Kier molecular flexibility index (Phi) is 9.92. The predicted molar refractivity (Wildman–Crippen MR) is 158 cm³/mol. The van der Waals surface area contributed by atoms with Crippen LogP contribution in [0.25, 0.3) is 0 Å². The van der Waals surface area contributed by atoms with E-state index in [1.54, 1.807) is 0 Å². The van der Waals surface area contributed by atoms with E-state index in [9.17, 15) is 28.8 Å². The van der Waals surface area contributed by atoms with Gasteiger partial charge in [0.2, 0.25) is 0 Å². The van der Waals surface area contributed by atoms with Gasteiger partial charge in [-0.25, -0.2) is 9.59 Å². The van der Waals surface area contributed by atoms with Crippen LogP contribution in [0.4, 0.5) is 11.4 Å². The zero-order valence-electron chi connectivity index (χ0n) is 21.9. The van der Waals surface area contributed by atoms with Crippen LogP contribution in [0.2, 0.25) is 20.1 Å². The van der Waals surface area contributed by atoms with Crippen molar-refractivity contribution in [1.29, 1.82) is 0 Å². The lowest BCUT2D eigenvalue weighted by Crippen LogP contribution is -2.44. The Bertz CT molecular complexity index is 1640. The molecule has 15 heteroatoms. The maximum atomic E-state index is 13.1. The van der Waals surface area contributed by atoms with Gasteiger partial charge in [0.1, 0.15) is 6.04 Å². The average Bonchev–Trinajstić information content (AvgIpc) is 3.17. The molecule has 1 heterocycles. The van der Waals surface area contributed by atoms with E-state index in [1.807, 2.05) is 0 Å². The second-order valence-electron chi connectivity index (χ2n) is 9.01. The Balaban J connectivity index is 1.34. The van der Waals surface area contributed by atoms with Crippen molar-refractivity contribution in [2.75, 3.05) is 23.8 Å². The zero-order chi connectivity index (χ0) is 31.4. The monoisotopic (exact) mass is 665 g/mol. The number of halogens is 4. The third kappa shape index (κ3) is 7.82. The number of rotatable bonds is 9. The number of esters is 2. The molecule has 1 atom stereocenters. The lowest BCUT2D eigenvalue weighted by atomic mass is 10.1. The lowest BCUT2D eigenvalue weighted by Gasteiger charge is -2.20. The number of carbonyl (C=O) groups is 6. The van der Waals surface area contributed by atoms with Crippen LogP contribution >= 0.6 is 46.4 Å². The van der Waals surface area contributed by atoms with Gasteiger partial charge in [0.05, 0.1) is 16.7 Å². The van der Waals surface area contributed by atoms with Gasteiger partial charge in [-0.05, 0) is 61.5 Å². The highest BCUT2D eigenvalue weighted by atomic mass is 35.5. The fraction of sp³-hybridized carbons (Fsp3) is 0.143. The number of hydrogen-bond acceptors (Lipinski definition) is 8. The summed E-state index contributed by atoms with van der Waals surface area (Å²) < 4.78 is 10.0. The van der Waals surface area contributed by atoms with Gasteiger partial charge in [0.15, 0.2) is 13.2 Å². The van der Waals surface area contributed by atoms with Crippen molar-refractivity contribution in [3.8, 4) is 0 Å². The molecule has 0 aliphatic carbocycles. The Morgan fingerprint density at radius 2 is 1.16 bits per heavy atom. The van der Waals surface area contributed by atoms with E-state index in [1.165, 1.54) is 55.5 Å². The minimum atomic E-state index is -1.40. The molecule has 2 N–H and O–H groups in total. The molecule has 4 rings (SSSR count). The van der Waals surface area contributed by atoms with Gasteiger partial charge >= 0.3 is 11.9 Å². The topological polar surface area (TPSA) is 148 Å². The highest BCUT2D eigenvalue weighted by Crippen LogP contribution is 2.27. The number of hydrogen-bond donors (Lipinski definition) is 2. The minimum absolute atomic E-state index is 0.0626. The summed E-state index contributed by atoms with van der Waals surface area (Å²) in [6.07, 6.45) is 0. The molecule has 0 unspecified atom stereocenters. The van der Waals surface area contributed by atoms with E-state index in [4.69, 9.17) is 55.9 Å². The normalized spacial score (nSPS) is 12.8. The molecule has 222 valence electrons. The number of fused-ring (bicyclic) bond motifs is 1. The number of ether oxygens (including phenoxy) is 2. The number of anilines is 2. The van der Waals surface area contributed by atoms with Crippen LogP contribution in [0.1, 0.15) is 38.0 Å². The Morgan fingerprint density at radius 3 is 1.67 bits per heavy atom. The van der Waals surface area contributed by atoms with Gasteiger partial charge in [0.25, 0.3) is 23.6 Å². The molecular weight excluding hydrogens is 648 g/mol. The largest absolute Gasteiger partial charge is 0.454 e. The number of benzene rings is 3. The minimum Gasteiger partial charge on any atom is -0.454 e. The van der Waals surface area contributed by atoms with Crippen LogP contribution in [0.3, 0.4) is 0 Å². The highest BCUT2D eigenvalue weighted by Gasteiger charge is 2.42. The fourth-order valence-corrected chi connectivity index (χ4v) is 5.01. The molecule has 0 bridgehead atoms. The first kappa shape index (κ1) is 31.8. The SMILES string of the molecule is C[C@H](C(=O)OCC(=O)Nc1cc(Cl)cc(Cl)c1)N1C(=O)c2ccc(C(=O)OCC(=O)Nc3cc(Cl)cc(Cl)c3)cc2C1=O. The second-order valence-corrected chi connectivity index (χ2v) is 10.8. The van der Waals surface area contributed by atoms with Gasteiger partial charge < -0.3 is 20.1 Å². The van der Waals surface area contributed by atoms with E-state index < -0.39 is 54.8 Å². The first-order valence-electron chi connectivity index (χ1n) is 12.2. The van der Waals surface area contributed by atoms with Crippen molar-refractivity contribution in [1.82, 2.24) is 4.90 Å². The molecule has 0 fully saturated rings. The van der Waals surface area contributed by atoms with Gasteiger partial charge in [-0.2, -0.15) is 0 Å². The zero-order valence-corrected chi connectivity index (χ0v) is 24.9. The summed E-state index contributed by atoms with van der Waals surface area (Å²) in [5, 5.41) is 6.07.